The first-order chi connectivity index (χ1) is 1.41. The second-order valence-electron chi connectivity index (χ2n) is 0.0791. The van der Waals surface area contributed by atoms with Gasteiger partial charge in [-0.05, 0) is 0 Å². The normalized spacial score (nSPS) is 2.00. The van der Waals surface area contributed by atoms with Crippen molar-refractivity contribution in [3.8, 4) is 4.97 Å². The molecule has 0 aromatic heterocycles. The Hall–Kier alpha value is 1.65. The van der Waals surface area contributed by atoms with Crippen molar-refractivity contribution in [1.82, 2.24) is 0 Å². The van der Waals surface area contributed by atoms with E-state index in [1.165, 1.54) is 4.97 Å². The summed E-state index contributed by atoms with van der Waals surface area (Å²) in [4.78, 5) is 1.50. The molecular formula is CHFeKN. The molecule has 0 saturated carbocycles. The van der Waals surface area contributed by atoms with Crippen LogP contribution in [0.25, 0.3) is 0 Å². The summed E-state index contributed by atoms with van der Waals surface area (Å²) in [6.45, 7) is 0. The Morgan fingerprint density at radius 3 is 1.75 bits per heavy atom. The van der Waals surface area contributed by atoms with Gasteiger partial charge >= 0.3 is 77.6 Å². The summed E-state index contributed by atoms with van der Waals surface area (Å²) in [6.07, 6.45) is 0. The summed E-state index contributed by atoms with van der Waals surface area (Å²) in [5, 5.41) is 7.21. The molecule has 0 rings (SSSR count). The number of hydrogen-bond acceptors (Lipinski definition) is 1. The molecule has 0 aliphatic heterocycles. The minimum atomic E-state index is 0. The van der Waals surface area contributed by atoms with E-state index in [1.807, 2.05) is 0 Å². The predicted molar refractivity (Wildman–Crippen MR) is 12.8 cm³/mol. The van der Waals surface area contributed by atoms with Crippen LogP contribution in [0.5, 0.6) is 0 Å². The third kappa shape index (κ3) is 9.42. The van der Waals surface area contributed by atoms with Crippen molar-refractivity contribution in [1.29, 1.82) is 5.26 Å². The van der Waals surface area contributed by atoms with E-state index >= 15 is 0 Å². The molecule has 0 radical (unpaired) electrons. The molecule has 0 spiro atoms. The zero-order valence-electron chi connectivity index (χ0n) is 1.30. The Labute approximate surface area is 76.0 Å². The Kier molecular flexibility index (Phi) is 20.2. The molecule has 0 aliphatic rings. The molecule has 0 amide bonds. The molecule has 0 unspecified atom stereocenters. The fourth-order valence-corrected chi connectivity index (χ4v) is 0. The van der Waals surface area contributed by atoms with Crippen LogP contribution in [-0.4, -0.2) is 51.4 Å². The summed E-state index contributed by atoms with van der Waals surface area (Å²) in [5.74, 6) is 0. The van der Waals surface area contributed by atoms with Crippen LogP contribution in [0.15, 0.2) is 0 Å². The van der Waals surface area contributed by atoms with Crippen LogP contribution < -0.4 is 0 Å². The average Bonchev–Trinajstić information content (AvgIpc) is 0.918. The molecule has 0 bridgehead atoms. The fourth-order valence-electron chi connectivity index (χ4n) is 0. The monoisotopic (exact) mass is 122 g/mol. The van der Waals surface area contributed by atoms with Gasteiger partial charge in [0, 0.05) is 0 Å². The fraction of sp³-hybridized carbons (Fsp3) is 0. The summed E-state index contributed by atoms with van der Waals surface area (Å²) in [6, 6.07) is 0. The van der Waals surface area contributed by atoms with Crippen LogP contribution in [0, 0.1) is 10.2 Å². The van der Waals surface area contributed by atoms with Crippen molar-refractivity contribution in [2.75, 3.05) is 0 Å². The van der Waals surface area contributed by atoms with Crippen LogP contribution in [0.4, 0.5) is 0 Å². The summed E-state index contributed by atoms with van der Waals surface area (Å²) < 4.78 is 0. The maximum absolute atomic E-state index is 7.21. The molecule has 0 N–H and O–H groups in total. The van der Waals surface area contributed by atoms with Gasteiger partial charge in [0.2, 0.25) is 0 Å². The Morgan fingerprint density at radius 2 is 1.75 bits per heavy atom. The third-order valence-corrected chi connectivity index (χ3v) is 0. The van der Waals surface area contributed by atoms with Crippen molar-refractivity contribution in [2.24, 2.45) is 0 Å². The number of nitriles is 1. The van der Waals surface area contributed by atoms with Gasteiger partial charge in [-0.2, -0.15) is 0 Å². The summed E-state index contributed by atoms with van der Waals surface area (Å²) >= 11 is 2.79. The van der Waals surface area contributed by atoms with Gasteiger partial charge in [-0.15, -0.1) is 0 Å². The molecule has 3 heteroatoms. The van der Waals surface area contributed by atoms with Gasteiger partial charge in [0.15, 0.2) is 0 Å². The summed E-state index contributed by atoms with van der Waals surface area (Å²) in [7, 11) is 0. The first-order valence-electron chi connectivity index (χ1n) is 0.400. The quantitative estimate of drug-likeness (QED) is 0.392. The molecule has 0 aliphatic carbocycles. The van der Waals surface area contributed by atoms with E-state index in [0.717, 1.165) is 0 Å². The van der Waals surface area contributed by atoms with Gasteiger partial charge in [-0.25, -0.2) is 0 Å². The van der Waals surface area contributed by atoms with Crippen LogP contribution >= 0.6 is 0 Å². The predicted octanol–water partition coefficient (Wildman–Crippen LogP) is -0.634. The number of nitrogens with zero attached hydrogens (tertiary/aromatic N) is 1. The first-order valence-corrected chi connectivity index (χ1v) is 0.952. The third-order valence-electron chi connectivity index (χ3n) is 0. The number of rotatable bonds is 0. The van der Waals surface area contributed by atoms with E-state index in [4.69, 9.17) is 5.26 Å². The Balaban J connectivity index is 0. The Morgan fingerprint density at radius 1 is 1.75 bits per heavy atom. The standard InChI is InChI=1S/CN.Fe.K.H/c1-2;;;. The van der Waals surface area contributed by atoms with Crippen molar-refractivity contribution >= 4 is 51.4 Å². The number of hydrogen-bond donors (Lipinski definition) is 0. The van der Waals surface area contributed by atoms with Crippen molar-refractivity contribution < 1.29 is 16.0 Å². The molecule has 0 aromatic carbocycles. The average molecular weight is 122 g/mol. The van der Waals surface area contributed by atoms with Crippen LogP contribution in [-0.2, 0) is 16.0 Å². The van der Waals surface area contributed by atoms with Gasteiger partial charge in [0.1, 0.15) is 0 Å². The maximum atomic E-state index is 7.21. The Bertz CT molecular complexity index is 29.5. The van der Waals surface area contributed by atoms with Gasteiger partial charge < -0.3 is 0 Å². The van der Waals surface area contributed by atoms with E-state index in [2.05, 4.69) is 16.0 Å². The molecule has 0 fully saturated rings. The molecule has 0 aromatic rings. The molecule has 0 atom stereocenters. The van der Waals surface area contributed by atoms with Gasteiger partial charge in [-0.1, -0.05) is 0 Å². The minimum absolute atomic E-state index is 0. The second-order valence-corrected chi connectivity index (χ2v) is 0.326. The molecular weight excluding hydrogens is 121 g/mol. The molecule has 1 nitrogen and oxygen atoms in total. The van der Waals surface area contributed by atoms with Crippen LogP contribution in [0.2, 0.25) is 0 Å². The molecule has 19 valence electrons. The zero-order chi connectivity index (χ0) is 2.71. The SMILES string of the molecule is N#[C][Fe].[KH]. The van der Waals surface area contributed by atoms with Crippen LogP contribution in [0.1, 0.15) is 0 Å². The van der Waals surface area contributed by atoms with E-state index in [1.54, 1.807) is 0 Å². The van der Waals surface area contributed by atoms with Gasteiger partial charge in [0.25, 0.3) is 0 Å². The van der Waals surface area contributed by atoms with Crippen molar-refractivity contribution in [2.45, 2.75) is 0 Å². The summed E-state index contributed by atoms with van der Waals surface area (Å²) in [5.41, 5.74) is 0. The molecule has 4 heavy (non-hydrogen) atoms. The van der Waals surface area contributed by atoms with Crippen molar-refractivity contribution in [3.05, 3.63) is 0 Å². The topological polar surface area (TPSA) is 23.8 Å². The second kappa shape index (κ2) is 8.82. The van der Waals surface area contributed by atoms with Crippen LogP contribution in [0.3, 0.4) is 0 Å². The van der Waals surface area contributed by atoms with E-state index in [9.17, 15) is 0 Å². The first kappa shape index (κ1) is 9.17. The van der Waals surface area contributed by atoms with E-state index in [-0.39, 0.29) is 51.4 Å². The van der Waals surface area contributed by atoms with Gasteiger partial charge in [-0.3, -0.25) is 0 Å². The van der Waals surface area contributed by atoms with E-state index in [0.29, 0.717) is 0 Å². The van der Waals surface area contributed by atoms with Gasteiger partial charge in [0.05, 0.1) is 0 Å². The molecule has 0 heterocycles. The van der Waals surface area contributed by atoms with E-state index < -0.39 is 0 Å². The zero-order valence-corrected chi connectivity index (χ0v) is 2.40. The van der Waals surface area contributed by atoms with Crippen molar-refractivity contribution in [3.63, 3.8) is 0 Å². The molecule has 0 saturated heterocycles.